The van der Waals surface area contributed by atoms with Gasteiger partial charge in [0.1, 0.15) is 22.9 Å². The highest BCUT2D eigenvalue weighted by molar-refractivity contribution is 7.98. The molecule has 1 aromatic carbocycles. The lowest BCUT2D eigenvalue weighted by Gasteiger charge is -2.19. The van der Waals surface area contributed by atoms with Crippen LogP contribution in [0.4, 0.5) is 26.4 Å². The fourth-order valence-corrected chi connectivity index (χ4v) is 3.46. The number of anilines is 3. The number of pyridine rings is 1. The van der Waals surface area contributed by atoms with Crippen LogP contribution in [0.2, 0.25) is 0 Å². The van der Waals surface area contributed by atoms with Gasteiger partial charge >= 0.3 is 6.09 Å². The molecule has 8 nitrogen and oxygen atoms in total. The van der Waals surface area contributed by atoms with Gasteiger partial charge in [0.05, 0.1) is 12.3 Å². The van der Waals surface area contributed by atoms with Gasteiger partial charge in [0.25, 0.3) is 5.88 Å². The Morgan fingerprint density at radius 2 is 1.94 bits per heavy atom. The molecular formula is C25H30FN5O3S. The summed E-state index contributed by atoms with van der Waals surface area (Å²) in [6, 6.07) is 9.89. The minimum atomic E-state index is -0.632. The fraction of sp³-hybridized carbons (Fsp3) is 0.360. The van der Waals surface area contributed by atoms with Gasteiger partial charge in [-0.05, 0) is 70.4 Å². The third-order valence-electron chi connectivity index (χ3n) is 4.56. The number of aryl methyl sites for hydroxylation is 1. The number of ether oxygens (including phenoxy) is 2. The number of thioether (sulfide) groups is 1. The molecule has 10 heteroatoms. The maximum atomic E-state index is 14.5. The van der Waals surface area contributed by atoms with Crippen molar-refractivity contribution in [2.45, 2.75) is 39.7 Å². The van der Waals surface area contributed by atoms with E-state index in [9.17, 15) is 9.18 Å². The molecule has 0 atom stereocenters. The van der Waals surface area contributed by atoms with Crippen LogP contribution < -0.4 is 15.4 Å². The van der Waals surface area contributed by atoms with Crippen molar-refractivity contribution >= 4 is 35.0 Å². The van der Waals surface area contributed by atoms with E-state index in [0.717, 1.165) is 17.7 Å². The van der Waals surface area contributed by atoms with Crippen LogP contribution in [0.5, 0.6) is 5.88 Å². The lowest BCUT2D eigenvalue weighted by molar-refractivity contribution is 0.0635. The van der Waals surface area contributed by atoms with E-state index in [1.807, 2.05) is 13.2 Å². The summed E-state index contributed by atoms with van der Waals surface area (Å²) in [7, 11) is 0. The Bertz CT molecular complexity index is 1170. The molecule has 0 radical (unpaired) electrons. The zero-order valence-electron chi connectivity index (χ0n) is 20.5. The van der Waals surface area contributed by atoms with Gasteiger partial charge in [0.2, 0.25) is 0 Å². The molecule has 186 valence electrons. The van der Waals surface area contributed by atoms with Gasteiger partial charge < -0.3 is 14.8 Å². The van der Waals surface area contributed by atoms with E-state index in [0.29, 0.717) is 40.9 Å². The predicted molar refractivity (Wildman–Crippen MR) is 138 cm³/mol. The summed E-state index contributed by atoms with van der Waals surface area (Å²) >= 11 is 1.73. The quantitative estimate of drug-likeness (QED) is 0.335. The Hall–Kier alpha value is -3.40. The zero-order valence-corrected chi connectivity index (χ0v) is 21.3. The van der Waals surface area contributed by atoms with Gasteiger partial charge in [0.15, 0.2) is 0 Å². The number of hydrogen-bond donors (Lipinski definition) is 2. The summed E-state index contributed by atoms with van der Waals surface area (Å²) in [6.45, 7) is 7.69. The van der Waals surface area contributed by atoms with Gasteiger partial charge in [-0.1, -0.05) is 11.6 Å². The zero-order chi connectivity index (χ0) is 25.4. The second kappa shape index (κ2) is 11.8. The molecule has 3 aromatic rings. The average Bonchev–Trinajstić information content (AvgIpc) is 2.78. The Labute approximate surface area is 209 Å². The maximum Gasteiger partial charge on any atom is 0.413 e. The highest BCUT2D eigenvalue weighted by Crippen LogP contribution is 2.31. The molecule has 2 heterocycles. The third-order valence-corrected chi connectivity index (χ3v) is 5.25. The van der Waals surface area contributed by atoms with Gasteiger partial charge in [-0.15, -0.1) is 10.2 Å². The van der Waals surface area contributed by atoms with Crippen LogP contribution >= 0.6 is 11.8 Å². The monoisotopic (exact) mass is 499 g/mol. The molecule has 0 aliphatic heterocycles. The molecule has 0 unspecified atom stereocenters. The van der Waals surface area contributed by atoms with E-state index in [1.54, 1.807) is 69.1 Å². The number of hydrogen-bond acceptors (Lipinski definition) is 8. The lowest BCUT2D eigenvalue weighted by Crippen LogP contribution is -2.27. The minimum Gasteiger partial charge on any atom is -0.475 e. The smallest absolute Gasteiger partial charge is 0.413 e. The first kappa shape index (κ1) is 26.2. The SMILES string of the molecule is CSCCCOc1nnc(-c2cc(C)ccc2F)cc1Nc1ccnc(NC(=O)OC(C)(C)C)c1. The topological polar surface area (TPSA) is 98.3 Å². The number of carbonyl (C=O) groups excluding carboxylic acids is 1. The highest BCUT2D eigenvalue weighted by atomic mass is 32.2. The molecule has 0 aliphatic rings. The van der Waals surface area contributed by atoms with Crippen LogP contribution in [0.15, 0.2) is 42.6 Å². The van der Waals surface area contributed by atoms with Crippen molar-refractivity contribution in [2.75, 3.05) is 29.2 Å². The predicted octanol–water partition coefficient (Wildman–Crippen LogP) is 6.21. The summed E-state index contributed by atoms with van der Waals surface area (Å²) in [5.41, 5.74) is 2.11. The Kier molecular flexibility index (Phi) is 8.86. The molecule has 0 aliphatic carbocycles. The first-order valence-corrected chi connectivity index (χ1v) is 12.5. The first-order valence-electron chi connectivity index (χ1n) is 11.1. The van der Waals surface area contributed by atoms with E-state index in [-0.39, 0.29) is 0 Å². The van der Waals surface area contributed by atoms with E-state index >= 15 is 0 Å². The molecule has 2 aromatic heterocycles. The molecule has 0 bridgehead atoms. The van der Waals surface area contributed by atoms with Crippen molar-refractivity contribution < 1.29 is 18.7 Å². The highest BCUT2D eigenvalue weighted by Gasteiger charge is 2.17. The number of amides is 1. The van der Waals surface area contributed by atoms with Crippen molar-refractivity contribution in [3.8, 4) is 17.1 Å². The van der Waals surface area contributed by atoms with Crippen LogP contribution in [-0.2, 0) is 4.74 Å². The van der Waals surface area contributed by atoms with Crippen LogP contribution in [0, 0.1) is 12.7 Å². The largest absolute Gasteiger partial charge is 0.475 e. The Morgan fingerprint density at radius 1 is 1.14 bits per heavy atom. The van der Waals surface area contributed by atoms with Gasteiger partial charge in [0, 0.05) is 23.5 Å². The molecule has 0 spiro atoms. The number of aromatic nitrogens is 3. The number of halogens is 1. The second-order valence-electron chi connectivity index (χ2n) is 8.81. The van der Waals surface area contributed by atoms with Crippen LogP contribution in [0.1, 0.15) is 32.8 Å². The molecule has 0 fully saturated rings. The van der Waals surface area contributed by atoms with Crippen molar-refractivity contribution in [1.82, 2.24) is 15.2 Å². The summed E-state index contributed by atoms with van der Waals surface area (Å²) in [5.74, 6) is 1.16. The van der Waals surface area contributed by atoms with Crippen molar-refractivity contribution in [1.29, 1.82) is 0 Å². The summed E-state index contributed by atoms with van der Waals surface area (Å²) in [5, 5.41) is 14.3. The van der Waals surface area contributed by atoms with Crippen molar-refractivity contribution in [3.63, 3.8) is 0 Å². The molecule has 35 heavy (non-hydrogen) atoms. The first-order chi connectivity index (χ1) is 16.6. The van der Waals surface area contributed by atoms with Crippen LogP contribution in [0.25, 0.3) is 11.3 Å². The lowest BCUT2D eigenvalue weighted by atomic mass is 10.1. The Morgan fingerprint density at radius 3 is 2.69 bits per heavy atom. The van der Waals surface area contributed by atoms with Gasteiger partial charge in [-0.3, -0.25) is 5.32 Å². The third kappa shape index (κ3) is 8.10. The fourth-order valence-electron chi connectivity index (χ4n) is 3.06. The summed E-state index contributed by atoms with van der Waals surface area (Å²) in [6.07, 6.45) is 3.81. The van der Waals surface area contributed by atoms with Crippen LogP contribution in [0.3, 0.4) is 0 Å². The minimum absolute atomic E-state index is 0.293. The normalized spacial score (nSPS) is 11.1. The molecule has 1 amide bonds. The van der Waals surface area contributed by atoms with Crippen molar-refractivity contribution in [3.05, 3.63) is 54.0 Å². The number of rotatable bonds is 9. The van der Waals surface area contributed by atoms with Crippen LogP contribution in [-0.4, -0.2) is 45.5 Å². The summed E-state index contributed by atoms with van der Waals surface area (Å²) in [4.78, 5) is 16.3. The average molecular weight is 500 g/mol. The summed E-state index contributed by atoms with van der Waals surface area (Å²) < 4.78 is 25.7. The number of nitrogens with zero attached hydrogens (tertiary/aromatic N) is 3. The number of carbonyl (C=O) groups is 1. The molecule has 0 saturated carbocycles. The molecule has 3 rings (SSSR count). The van der Waals surface area contributed by atoms with Crippen molar-refractivity contribution in [2.24, 2.45) is 0 Å². The van der Waals surface area contributed by atoms with E-state index < -0.39 is 17.5 Å². The van der Waals surface area contributed by atoms with E-state index in [1.165, 1.54) is 6.07 Å². The molecular weight excluding hydrogens is 469 g/mol. The van der Waals surface area contributed by atoms with Gasteiger partial charge in [-0.25, -0.2) is 14.2 Å². The van der Waals surface area contributed by atoms with E-state index in [2.05, 4.69) is 25.8 Å². The maximum absolute atomic E-state index is 14.5. The molecule has 0 saturated heterocycles. The standard InChI is InChI=1S/C25H30FN5O3S/c1-16-7-8-19(26)18(13-16)20-15-21(23(31-30-20)33-11-6-12-35-5)28-17-9-10-27-22(14-17)29-24(32)34-25(2,3)4/h7-10,13-15H,6,11-12H2,1-5H3,(H2,27,28,29,30,32). The molecule has 2 N–H and O–H groups in total. The number of benzene rings is 1. The second-order valence-corrected chi connectivity index (χ2v) is 9.79. The number of nitrogens with one attached hydrogen (secondary N) is 2. The van der Waals surface area contributed by atoms with E-state index in [4.69, 9.17) is 9.47 Å². The van der Waals surface area contributed by atoms with Gasteiger partial charge in [-0.2, -0.15) is 11.8 Å². The Balaban J connectivity index is 1.88.